The normalized spacial score (nSPS) is 11.9. The molecule has 0 radical (unpaired) electrons. The summed E-state index contributed by atoms with van der Waals surface area (Å²) in [7, 11) is -4.15. The fourth-order valence-corrected chi connectivity index (χ4v) is 2.34. The van der Waals surface area contributed by atoms with Crippen LogP contribution in [0.3, 0.4) is 0 Å². The second kappa shape index (κ2) is 3.32. The van der Waals surface area contributed by atoms with Crippen LogP contribution >= 0.6 is 0 Å². The van der Waals surface area contributed by atoms with Gasteiger partial charge in [-0.05, 0) is 23.9 Å². The van der Waals surface area contributed by atoms with Gasteiger partial charge in [0, 0.05) is 5.39 Å². The zero-order valence-electron chi connectivity index (χ0n) is 8.14. The van der Waals surface area contributed by atoms with Crippen molar-refractivity contribution in [2.24, 2.45) is 0 Å². The highest BCUT2D eigenvalue weighted by Crippen LogP contribution is 2.25. The minimum absolute atomic E-state index is 0.0382. The van der Waals surface area contributed by atoms with Gasteiger partial charge in [0.1, 0.15) is 4.90 Å². The molecule has 0 saturated carbocycles. The molecule has 3 nitrogen and oxygen atoms in total. The van der Waals surface area contributed by atoms with E-state index in [-0.39, 0.29) is 4.90 Å². The van der Waals surface area contributed by atoms with Crippen molar-refractivity contribution in [2.45, 2.75) is 11.8 Å². The molecule has 2 aromatic rings. The van der Waals surface area contributed by atoms with Crippen LogP contribution in [-0.2, 0) is 10.1 Å². The van der Waals surface area contributed by atoms with Gasteiger partial charge in [0.2, 0.25) is 0 Å². The number of hydrogen-bond acceptors (Lipinski definition) is 2. The first-order valence-corrected chi connectivity index (χ1v) is 5.90. The molecule has 0 aliphatic carbocycles. The number of benzene rings is 2. The standard InChI is InChI=1S/C11H10O3S/c1-8-6-7-11(15(12,13)14)10-5-3-2-4-9(8)10/h2-7H,1H3,(H,12,13,14). The van der Waals surface area contributed by atoms with E-state index in [1.54, 1.807) is 18.2 Å². The van der Waals surface area contributed by atoms with E-state index in [2.05, 4.69) is 0 Å². The lowest BCUT2D eigenvalue weighted by molar-refractivity contribution is 0.484. The van der Waals surface area contributed by atoms with Crippen LogP contribution in [0, 0.1) is 6.92 Å². The predicted molar refractivity (Wildman–Crippen MR) is 58.5 cm³/mol. The van der Waals surface area contributed by atoms with Crippen molar-refractivity contribution in [3.05, 3.63) is 42.0 Å². The average Bonchev–Trinajstić information content (AvgIpc) is 2.17. The fourth-order valence-electron chi connectivity index (χ4n) is 1.65. The van der Waals surface area contributed by atoms with Gasteiger partial charge in [-0.15, -0.1) is 0 Å². The summed E-state index contributed by atoms with van der Waals surface area (Å²) in [6, 6.07) is 10.2. The molecule has 0 aromatic heterocycles. The number of fused-ring (bicyclic) bond motifs is 1. The van der Waals surface area contributed by atoms with Crippen LogP contribution in [0.25, 0.3) is 10.8 Å². The van der Waals surface area contributed by atoms with Crippen LogP contribution in [0.2, 0.25) is 0 Å². The highest BCUT2D eigenvalue weighted by Gasteiger charge is 2.13. The maximum Gasteiger partial charge on any atom is 0.295 e. The summed E-state index contributed by atoms with van der Waals surface area (Å²) < 4.78 is 31.3. The first-order valence-electron chi connectivity index (χ1n) is 4.46. The van der Waals surface area contributed by atoms with E-state index < -0.39 is 10.1 Å². The Morgan fingerprint density at radius 1 is 1.00 bits per heavy atom. The van der Waals surface area contributed by atoms with Crippen LogP contribution in [0.4, 0.5) is 0 Å². The summed E-state index contributed by atoms with van der Waals surface area (Å²) in [6.07, 6.45) is 0. The smallest absolute Gasteiger partial charge is 0.282 e. The van der Waals surface area contributed by atoms with Crippen molar-refractivity contribution < 1.29 is 13.0 Å². The summed E-state index contributed by atoms with van der Waals surface area (Å²) >= 11 is 0. The molecule has 78 valence electrons. The molecule has 2 rings (SSSR count). The van der Waals surface area contributed by atoms with E-state index in [1.807, 2.05) is 19.1 Å². The first-order chi connectivity index (χ1) is 7.00. The van der Waals surface area contributed by atoms with E-state index in [9.17, 15) is 8.42 Å². The SMILES string of the molecule is Cc1ccc(S(=O)(=O)O)c2ccccc12. The molecular formula is C11H10O3S. The lowest BCUT2D eigenvalue weighted by Crippen LogP contribution is -1.99. The van der Waals surface area contributed by atoms with E-state index >= 15 is 0 Å². The van der Waals surface area contributed by atoms with Gasteiger partial charge in [0.05, 0.1) is 0 Å². The Morgan fingerprint density at radius 2 is 1.60 bits per heavy atom. The Bertz CT molecular complexity index is 615. The van der Waals surface area contributed by atoms with Crippen molar-refractivity contribution >= 4 is 20.9 Å². The molecule has 0 unspecified atom stereocenters. The van der Waals surface area contributed by atoms with Gasteiger partial charge in [0.15, 0.2) is 0 Å². The monoisotopic (exact) mass is 222 g/mol. The summed E-state index contributed by atoms with van der Waals surface area (Å²) in [4.78, 5) is -0.0382. The van der Waals surface area contributed by atoms with Crippen molar-refractivity contribution in [2.75, 3.05) is 0 Å². The van der Waals surface area contributed by atoms with E-state index in [0.29, 0.717) is 5.39 Å². The zero-order valence-corrected chi connectivity index (χ0v) is 8.95. The molecule has 15 heavy (non-hydrogen) atoms. The Morgan fingerprint density at radius 3 is 2.20 bits per heavy atom. The van der Waals surface area contributed by atoms with Gasteiger partial charge in [-0.3, -0.25) is 4.55 Å². The number of hydrogen-bond donors (Lipinski definition) is 1. The van der Waals surface area contributed by atoms with Crippen LogP contribution < -0.4 is 0 Å². The molecule has 0 bridgehead atoms. The van der Waals surface area contributed by atoms with Gasteiger partial charge >= 0.3 is 0 Å². The molecule has 0 aliphatic heterocycles. The minimum Gasteiger partial charge on any atom is -0.282 e. The molecular weight excluding hydrogens is 212 g/mol. The number of rotatable bonds is 1. The quantitative estimate of drug-likeness (QED) is 0.754. The second-order valence-corrected chi connectivity index (χ2v) is 4.79. The number of aryl methyl sites for hydroxylation is 1. The molecule has 0 heterocycles. The third-order valence-corrected chi connectivity index (χ3v) is 3.29. The van der Waals surface area contributed by atoms with Crippen LogP contribution in [0.5, 0.6) is 0 Å². The van der Waals surface area contributed by atoms with Crippen LogP contribution in [0.1, 0.15) is 5.56 Å². The largest absolute Gasteiger partial charge is 0.295 e. The fraction of sp³-hybridized carbons (Fsp3) is 0.0909. The minimum atomic E-state index is -4.15. The van der Waals surface area contributed by atoms with Crippen molar-refractivity contribution in [1.29, 1.82) is 0 Å². The molecule has 0 spiro atoms. The molecule has 0 atom stereocenters. The predicted octanol–water partition coefficient (Wildman–Crippen LogP) is 2.39. The van der Waals surface area contributed by atoms with Gasteiger partial charge < -0.3 is 0 Å². The van der Waals surface area contributed by atoms with Gasteiger partial charge in [-0.1, -0.05) is 30.3 Å². The molecule has 0 aliphatic rings. The highest BCUT2D eigenvalue weighted by atomic mass is 32.2. The lowest BCUT2D eigenvalue weighted by atomic mass is 10.1. The Labute approximate surface area is 88.1 Å². The molecule has 1 N–H and O–H groups in total. The summed E-state index contributed by atoms with van der Waals surface area (Å²) in [5.41, 5.74) is 0.984. The summed E-state index contributed by atoms with van der Waals surface area (Å²) in [5.74, 6) is 0. The molecule has 0 fully saturated rings. The first kappa shape index (κ1) is 10.1. The summed E-state index contributed by atoms with van der Waals surface area (Å²) in [5, 5.41) is 1.40. The third kappa shape index (κ3) is 1.73. The van der Waals surface area contributed by atoms with Crippen molar-refractivity contribution in [1.82, 2.24) is 0 Å². The molecule has 0 amide bonds. The maximum atomic E-state index is 11.1. The Hall–Kier alpha value is -1.39. The lowest BCUT2D eigenvalue weighted by Gasteiger charge is -2.05. The van der Waals surface area contributed by atoms with E-state index in [4.69, 9.17) is 4.55 Å². The van der Waals surface area contributed by atoms with Gasteiger partial charge in [-0.2, -0.15) is 8.42 Å². The second-order valence-electron chi connectivity index (χ2n) is 3.40. The van der Waals surface area contributed by atoms with Crippen molar-refractivity contribution in [3.63, 3.8) is 0 Å². The molecule has 2 aromatic carbocycles. The van der Waals surface area contributed by atoms with Gasteiger partial charge in [-0.25, -0.2) is 0 Å². The maximum absolute atomic E-state index is 11.1. The summed E-state index contributed by atoms with van der Waals surface area (Å²) in [6.45, 7) is 1.90. The molecule has 0 saturated heterocycles. The average molecular weight is 222 g/mol. The van der Waals surface area contributed by atoms with Gasteiger partial charge in [0.25, 0.3) is 10.1 Å². The Balaban J connectivity index is 2.96. The highest BCUT2D eigenvalue weighted by molar-refractivity contribution is 7.86. The van der Waals surface area contributed by atoms with Crippen molar-refractivity contribution in [3.8, 4) is 0 Å². The van der Waals surface area contributed by atoms with Crippen LogP contribution in [-0.4, -0.2) is 13.0 Å². The Kier molecular flexibility index (Phi) is 2.25. The molecule has 4 heteroatoms. The topological polar surface area (TPSA) is 54.4 Å². The third-order valence-electron chi connectivity index (χ3n) is 2.38. The van der Waals surface area contributed by atoms with Crippen LogP contribution in [0.15, 0.2) is 41.3 Å². The van der Waals surface area contributed by atoms with E-state index in [1.165, 1.54) is 6.07 Å². The zero-order chi connectivity index (χ0) is 11.1. The van der Waals surface area contributed by atoms with E-state index in [0.717, 1.165) is 10.9 Å².